The van der Waals surface area contributed by atoms with E-state index in [1.807, 2.05) is 63.2 Å². The number of rotatable bonds is 8. The summed E-state index contributed by atoms with van der Waals surface area (Å²) in [5, 5.41) is 4.01. The van der Waals surface area contributed by atoms with Gasteiger partial charge in [-0.1, -0.05) is 18.1 Å². The van der Waals surface area contributed by atoms with Gasteiger partial charge in [-0.2, -0.15) is 4.98 Å². The molecule has 0 aliphatic rings. The van der Waals surface area contributed by atoms with Crippen LogP contribution in [0, 0.1) is 13.8 Å². The van der Waals surface area contributed by atoms with Gasteiger partial charge in [-0.05, 0) is 67.8 Å². The molecule has 0 aliphatic carbocycles. The molecule has 3 aromatic rings. The van der Waals surface area contributed by atoms with Gasteiger partial charge in [0.1, 0.15) is 11.5 Å². The van der Waals surface area contributed by atoms with Crippen molar-refractivity contribution in [3.05, 3.63) is 59.5 Å². The van der Waals surface area contributed by atoms with E-state index in [1.54, 1.807) is 19.1 Å². The van der Waals surface area contributed by atoms with Crippen LogP contribution in [0.15, 0.2) is 47.0 Å². The number of likely N-dealkylation sites (N-methyl/N-ethyl adjacent to an activating group) is 1. The summed E-state index contributed by atoms with van der Waals surface area (Å²) in [6.45, 7) is 6.19. The highest BCUT2D eigenvalue weighted by Crippen LogP contribution is 2.21. The Kier molecular flexibility index (Phi) is 6.72. The fourth-order valence-corrected chi connectivity index (χ4v) is 2.96. The van der Waals surface area contributed by atoms with Gasteiger partial charge in [0.25, 0.3) is 5.91 Å². The van der Waals surface area contributed by atoms with Crippen molar-refractivity contribution >= 4 is 5.91 Å². The van der Waals surface area contributed by atoms with Crippen molar-refractivity contribution < 1.29 is 18.8 Å². The maximum Gasteiger partial charge on any atom is 0.263 e. The third kappa shape index (κ3) is 4.97. The molecule has 1 heterocycles. The highest BCUT2D eigenvalue weighted by Gasteiger charge is 2.24. The molecule has 0 N–H and O–H groups in total. The van der Waals surface area contributed by atoms with Gasteiger partial charge in [-0.25, -0.2) is 0 Å². The first-order chi connectivity index (χ1) is 14.4. The van der Waals surface area contributed by atoms with Crippen LogP contribution < -0.4 is 9.47 Å². The summed E-state index contributed by atoms with van der Waals surface area (Å²) in [5.74, 6) is 2.12. The van der Waals surface area contributed by atoms with Crippen LogP contribution in [0.4, 0.5) is 0 Å². The zero-order valence-corrected chi connectivity index (χ0v) is 18.0. The van der Waals surface area contributed by atoms with Crippen molar-refractivity contribution in [1.29, 1.82) is 0 Å². The minimum atomic E-state index is -0.582. The number of carbonyl (C=O) groups is 1. The van der Waals surface area contributed by atoms with Crippen molar-refractivity contribution in [2.75, 3.05) is 14.2 Å². The molecule has 1 aromatic heterocycles. The Balaban J connectivity index is 1.65. The average Bonchev–Trinajstić information content (AvgIpc) is 3.22. The fourth-order valence-electron chi connectivity index (χ4n) is 2.96. The molecule has 0 unspecified atom stereocenters. The van der Waals surface area contributed by atoms with E-state index in [4.69, 9.17) is 14.0 Å². The Morgan fingerprint density at radius 3 is 2.43 bits per heavy atom. The highest BCUT2D eigenvalue weighted by atomic mass is 16.5. The summed E-state index contributed by atoms with van der Waals surface area (Å²) in [7, 11) is 3.31. The van der Waals surface area contributed by atoms with Crippen LogP contribution in [-0.2, 0) is 11.3 Å². The zero-order chi connectivity index (χ0) is 21.7. The first kappa shape index (κ1) is 21.4. The molecule has 0 saturated carbocycles. The van der Waals surface area contributed by atoms with E-state index in [2.05, 4.69) is 10.1 Å². The summed E-state index contributed by atoms with van der Waals surface area (Å²) in [6, 6.07) is 13.2. The lowest BCUT2D eigenvalue weighted by molar-refractivity contribution is -0.138. The number of aromatic nitrogens is 2. The summed E-state index contributed by atoms with van der Waals surface area (Å²) < 4.78 is 16.4. The number of benzene rings is 2. The van der Waals surface area contributed by atoms with Crippen LogP contribution in [0.3, 0.4) is 0 Å². The molecule has 30 heavy (non-hydrogen) atoms. The van der Waals surface area contributed by atoms with E-state index in [1.165, 1.54) is 5.56 Å². The van der Waals surface area contributed by atoms with Crippen molar-refractivity contribution in [2.45, 2.75) is 39.8 Å². The first-order valence-corrected chi connectivity index (χ1v) is 9.87. The van der Waals surface area contributed by atoms with Gasteiger partial charge >= 0.3 is 0 Å². The summed E-state index contributed by atoms with van der Waals surface area (Å²) in [6.07, 6.45) is -0.0297. The number of carbonyl (C=O) groups excluding carboxylic acids is 1. The van der Waals surface area contributed by atoms with Gasteiger partial charge in [-0.3, -0.25) is 4.79 Å². The fraction of sp³-hybridized carbons (Fsp3) is 0.348. The molecule has 158 valence electrons. The standard InChI is InChI=1S/C23H27N3O4/c1-6-20(29-19-10-7-15(2)16(3)13-19)23(27)26(4)14-21-24-22(25-30-21)17-8-11-18(28-5)12-9-17/h7-13,20H,6,14H2,1-5H3/t20-/m1/s1. The van der Waals surface area contributed by atoms with E-state index in [0.717, 1.165) is 16.9 Å². The van der Waals surface area contributed by atoms with Crippen molar-refractivity contribution in [3.63, 3.8) is 0 Å². The first-order valence-electron chi connectivity index (χ1n) is 9.87. The van der Waals surface area contributed by atoms with E-state index >= 15 is 0 Å². The second-order valence-electron chi connectivity index (χ2n) is 7.20. The van der Waals surface area contributed by atoms with Gasteiger partial charge in [0.05, 0.1) is 13.7 Å². The summed E-state index contributed by atoms with van der Waals surface area (Å²) in [5.41, 5.74) is 3.12. The zero-order valence-electron chi connectivity index (χ0n) is 18.0. The van der Waals surface area contributed by atoms with E-state index in [9.17, 15) is 4.79 Å². The van der Waals surface area contributed by atoms with Gasteiger partial charge in [-0.15, -0.1) is 0 Å². The number of hydrogen-bond donors (Lipinski definition) is 0. The highest BCUT2D eigenvalue weighted by molar-refractivity contribution is 5.81. The topological polar surface area (TPSA) is 77.7 Å². The summed E-state index contributed by atoms with van der Waals surface area (Å²) in [4.78, 5) is 18.8. The number of amides is 1. The lowest BCUT2D eigenvalue weighted by atomic mass is 10.1. The average molecular weight is 409 g/mol. The predicted octanol–water partition coefficient (Wildman–Crippen LogP) is 4.18. The Morgan fingerprint density at radius 2 is 1.80 bits per heavy atom. The van der Waals surface area contributed by atoms with Crippen LogP contribution in [0.2, 0.25) is 0 Å². The van der Waals surface area contributed by atoms with Gasteiger partial charge in [0.2, 0.25) is 11.7 Å². The van der Waals surface area contributed by atoms with Gasteiger partial charge in [0.15, 0.2) is 6.10 Å². The minimum Gasteiger partial charge on any atom is -0.497 e. The molecule has 0 saturated heterocycles. The van der Waals surface area contributed by atoms with E-state index in [-0.39, 0.29) is 12.5 Å². The molecule has 0 aliphatic heterocycles. The lowest BCUT2D eigenvalue weighted by Crippen LogP contribution is -2.39. The minimum absolute atomic E-state index is 0.139. The Labute approximate surface area is 176 Å². The second-order valence-corrected chi connectivity index (χ2v) is 7.20. The Morgan fingerprint density at radius 1 is 1.10 bits per heavy atom. The maximum absolute atomic E-state index is 12.9. The SMILES string of the molecule is CC[C@@H](Oc1ccc(C)c(C)c1)C(=O)N(C)Cc1nc(-c2ccc(OC)cc2)no1. The third-order valence-electron chi connectivity index (χ3n) is 4.97. The van der Waals surface area contributed by atoms with Crippen LogP contribution in [0.25, 0.3) is 11.4 Å². The maximum atomic E-state index is 12.9. The number of methoxy groups -OCH3 is 1. The van der Waals surface area contributed by atoms with Crippen LogP contribution in [0.1, 0.15) is 30.4 Å². The van der Waals surface area contributed by atoms with Crippen LogP contribution >= 0.6 is 0 Å². The Hall–Kier alpha value is -3.35. The molecule has 0 spiro atoms. The Bertz CT molecular complexity index is 998. The molecule has 0 radical (unpaired) electrons. The summed E-state index contributed by atoms with van der Waals surface area (Å²) >= 11 is 0. The monoisotopic (exact) mass is 409 g/mol. The molecule has 7 nitrogen and oxygen atoms in total. The molecule has 0 bridgehead atoms. The molecule has 1 atom stereocenters. The normalized spacial score (nSPS) is 11.8. The molecular weight excluding hydrogens is 382 g/mol. The number of nitrogens with zero attached hydrogens (tertiary/aromatic N) is 3. The second kappa shape index (κ2) is 9.43. The van der Waals surface area contributed by atoms with Gasteiger partial charge < -0.3 is 18.9 Å². The molecule has 3 rings (SSSR count). The number of ether oxygens (including phenoxy) is 2. The van der Waals surface area contributed by atoms with Crippen LogP contribution in [-0.4, -0.2) is 41.2 Å². The molecule has 1 amide bonds. The number of hydrogen-bond acceptors (Lipinski definition) is 6. The molecular formula is C23H27N3O4. The van der Waals surface area contributed by atoms with Crippen molar-refractivity contribution in [1.82, 2.24) is 15.0 Å². The lowest BCUT2D eigenvalue weighted by Gasteiger charge is -2.23. The molecule has 0 fully saturated rings. The van der Waals surface area contributed by atoms with Crippen LogP contribution in [0.5, 0.6) is 11.5 Å². The largest absolute Gasteiger partial charge is 0.497 e. The quantitative estimate of drug-likeness (QED) is 0.555. The smallest absolute Gasteiger partial charge is 0.263 e. The van der Waals surface area contributed by atoms with Crippen molar-refractivity contribution in [3.8, 4) is 22.9 Å². The van der Waals surface area contributed by atoms with Gasteiger partial charge in [0, 0.05) is 12.6 Å². The van der Waals surface area contributed by atoms with Crippen molar-refractivity contribution in [2.24, 2.45) is 0 Å². The van der Waals surface area contributed by atoms with E-state index < -0.39 is 6.10 Å². The predicted molar refractivity (Wildman–Crippen MR) is 113 cm³/mol. The van der Waals surface area contributed by atoms with E-state index in [0.29, 0.717) is 23.9 Å². The third-order valence-corrected chi connectivity index (χ3v) is 4.97. The molecule has 7 heteroatoms. The number of aryl methyl sites for hydroxylation is 2. The molecule has 2 aromatic carbocycles.